The molecule has 1 amide bonds. The molecule has 0 spiro atoms. The summed E-state index contributed by atoms with van der Waals surface area (Å²) in [6.45, 7) is 4.29. The number of hydrogen-bond donors (Lipinski definition) is 1. The number of nitrogens with one attached hydrogen (secondary N) is 1. The van der Waals surface area contributed by atoms with Crippen molar-refractivity contribution in [1.29, 1.82) is 0 Å². The van der Waals surface area contributed by atoms with Gasteiger partial charge >= 0.3 is 0 Å². The molecule has 0 atom stereocenters. The Morgan fingerprint density at radius 2 is 1.70 bits per heavy atom. The Hall–Kier alpha value is -3.74. The molecule has 0 saturated heterocycles. The van der Waals surface area contributed by atoms with E-state index in [9.17, 15) is 9.59 Å². The van der Waals surface area contributed by atoms with Gasteiger partial charge in [0.2, 0.25) is 5.91 Å². The van der Waals surface area contributed by atoms with Gasteiger partial charge in [-0.05, 0) is 38.1 Å². The van der Waals surface area contributed by atoms with Crippen LogP contribution in [0.25, 0.3) is 16.9 Å². The first-order chi connectivity index (χ1) is 14.6. The molecule has 7 nitrogen and oxygen atoms in total. The molecule has 7 heteroatoms. The standard InChI is InChI=1S/C23H23N5O2/c1-3-27-22-21(16(2)26-28(22)18-12-8-5-9-13-18)25-19(23(27)30)14-15-20(29)24-17-10-6-4-7-11-17/h4-13H,3,14-15H2,1-2H3,(H,24,29). The summed E-state index contributed by atoms with van der Waals surface area (Å²) in [6, 6.07) is 18.9. The summed E-state index contributed by atoms with van der Waals surface area (Å²) in [5.74, 6) is -0.151. The molecule has 0 aliphatic carbocycles. The van der Waals surface area contributed by atoms with Crippen LogP contribution in [0.2, 0.25) is 0 Å². The molecule has 2 aromatic heterocycles. The van der Waals surface area contributed by atoms with Gasteiger partial charge in [-0.1, -0.05) is 36.4 Å². The van der Waals surface area contributed by atoms with Gasteiger partial charge in [-0.25, -0.2) is 9.67 Å². The van der Waals surface area contributed by atoms with E-state index in [1.165, 1.54) is 0 Å². The van der Waals surface area contributed by atoms with Crippen molar-refractivity contribution in [2.75, 3.05) is 5.32 Å². The highest BCUT2D eigenvalue weighted by atomic mass is 16.1. The van der Waals surface area contributed by atoms with Crippen LogP contribution in [0.15, 0.2) is 65.5 Å². The highest BCUT2D eigenvalue weighted by Crippen LogP contribution is 2.20. The van der Waals surface area contributed by atoms with Gasteiger partial charge in [-0.2, -0.15) is 5.10 Å². The topological polar surface area (TPSA) is 81.8 Å². The molecule has 1 N–H and O–H groups in total. The second kappa shape index (κ2) is 8.32. The first-order valence-corrected chi connectivity index (χ1v) is 9.98. The lowest BCUT2D eigenvalue weighted by atomic mass is 10.2. The lowest BCUT2D eigenvalue weighted by Gasteiger charge is -2.11. The van der Waals surface area contributed by atoms with Crippen LogP contribution in [0.5, 0.6) is 0 Å². The number of benzene rings is 2. The SMILES string of the molecule is CCn1c(=O)c(CCC(=O)Nc2ccccc2)nc2c(C)nn(-c3ccccc3)c21. The van der Waals surface area contributed by atoms with Crippen LogP contribution < -0.4 is 10.9 Å². The third-order valence-electron chi connectivity index (χ3n) is 4.96. The van der Waals surface area contributed by atoms with E-state index in [1.807, 2.05) is 74.5 Å². The van der Waals surface area contributed by atoms with Gasteiger partial charge < -0.3 is 5.32 Å². The Bertz CT molecular complexity index is 1240. The number of amides is 1. The first-order valence-electron chi connectivity index (χ1n) is 9.98. The van der Waals surface area contributed by atoms with Crippen molar-refractivity contribution in [2.45, 2.75) is 33.2 Å². The normalized spacial score (nSPS) is 11.0. The molecule has 2 heterocycles. The summed E-state index contributed by atoms with van der Waals surface area (Å²) >= 11 is 0. The van der Waals surface area contributed by atoms with Crippen LogP contribution in [0.3, 0.4) is 0 Å². The largest absolute Gasteiger partial charge is 0.326 e. The molecule has 0 bridgehead atoms. The number of para-hydroxylation sites is 2. The number of carbonyl (C=O) groups excluding carboxylic acids is 1. The van der Waals surface area contributed by atoms with E-state index in [4.69, 9.17) is 0 Å². The fourth-order valence-corrected chi connectivity index (χ4v) is 3.50. The summed E-state index contributed by atoms with van der Waals surface area (Å²) in [5, 5.41) is 7.46. The van der Waals surface area contributed by atoms with Crippen molar-refractivity contribution in [3.63, 3.8) is 0 Å². The third kappa shape index (κ3) is 3.74. The van der Waals surface area contributed by atoms with Crippen LogP contribution in [0.4, 0.5) is 5.69 Å². The first kappa shape index (κ1) is 19.6. The van der Waals surface area contributed by atoms with Crippen LogP contribution in [0, 0.1) is 6.92 Å². The molecule has 0 saturated carbocycles. The summed E-state index contributed by atoms with van der Waals surface area (Å²) < 4.78 is 3.44. The quantitative estimate of drug-likeness (QED) is 0.536. The summed E-state index contributed by atoms with van der Waals surface area (Å²) in [4.78, 5) is 30.0. The Balaban J connectivity index is 1.67. The van der Waals surface area contributed by atoms with Crippen molar-refractivity contribution in [1.82, 2.24) is 19.3 Å². The fourth-order valence-electron chi connectivity index (χ4n) is 3.50. The van der Waals surface area contributed by atoms with Crippen LogP contribution in [0.1, 0.15) is 24.7 Å². The van der Waals surface area contributed by atoms with Gasteiger partial charge in [0.1, 0.15) is 11.2 Å². The van der Waals surface area contributed by atoms with Crippen molar-refractivity contribution >= 4 is 22.8 Å². The van der Waals surface area contributed by atoms with E-state index >= 15 is 0 Å². The predicted octanol–water partition coefficient (Wildman–Crippen LogP) is 3.48. The Labute approximate surface area is 174 Å². The predicted molar refractivity (Wildman–Crippen MR) is 117 cm³/mol. The maximum absolute atomic E-state index is 13.1. The number of anilines is 1. The van der Waals surface area contributed by atoms with Gasteiger partial charge in [-0.15, -0.1) is 0 Å². The zero-order chi connectivity index (χ0) is 21.1. The van der Waals surface area contributed by atoms with E-state index in [1.54, 1.807) is 9.25 Å². The fraction of sp³-hybridized carbons (Fsp3) is 0.217. The van der Waals surface area contributed by atoms with E-state index in [0.29, 0.717) is 23.4 Å². The molecule has 30 heavy (non-hydrogen) atoms. The molecule has 0 aliphatic rings. The summed E-state index contributed by atoms with van der Waals surface area (Å²) in [5.41, 5.74) is 3.89. The van der Waals surface area contributed by atoms with Crippen molar-refractivity contribution < 1.29 is 4.79 Å². The zero-order valence-corrected chi connectivity index (χ0v) is 17.0. The lowest BCUT2D eigenvalue weighted by molar-refractivity contribution is -0.116. The average Bonchev–Trinajstić information content (AvgIpc) is 3.09. The monoisotopic (exact) mass is 401 g/mol. The lowest BCUT2D eigenvalue weighted by Crippen LogP contribution is -2.27. The number of fused-ring (bicyclic) bond motifs is 1. The van der Waals surface area contributed by atoms with Crippen molar-refractivity contribution in [2.24, 2.45) is 0 Å². The molecule has 0 aliphatic heterocycles. The Morgan fingerprint density at radius 1 is 1.03 bits per heavy atom. The van der Waals surface area contributed by atoms with E-state index in [-0.39, 0.29) is 24.3 Å². The number of rotatable bonds is 6. The minimum Gasteiger partial charge on any atom is -0.326 e. The minimum absolute atomic E-state index is 0.151. The smallest absolute Gasteiger partial charge is 0.273 e. The molecule has 2 aromatic carbocycles. The molecule has 0 radical (unpaired) electrons. The maximum Gasteiger partial charge on any atom is 0.273 e. The molecule has 152 valence electrons. The maximum atomic E-state index is 13.1. The van der Waals surface area contributed by atoms with Crippen LogP contribution in [-0.4, -0.2) is 25.2 Å². The zero-order valence-electron chi connectivity index (χ0n) is 17.0. The van der Waals surface area contributed by atoms with Crippen molar-refractivity contribution in [3.05, 3.63) is 82.4 Å². The number of nitrogens with zero attached hydrogens (tertiary/aromatic N) is 4. The number of aryl methyl sites for hydroxylation is 3. The average molecular weight is 401 g/mol. The van der Waals surface area contributed by atoms with E-state index in [0.717, 1.165) is 17.1 Å². The molecule has 0 fully saturated rings. The molecule has 0 unspecified atom stereocenters. The third-order valence-corrected chi connectivity index (χ3v) is 4.96. The number of aromatic nitrogens is 4. The van der Waals surface area contributed by atoms with Gasteiger partial charge in [0.25, 0.3) is 5.56 Å². The van der Waals surface area contributed by atoms with Gasteiger partial charge in [0.05, 0.1) is 11.4 Å². The van der Waals surface area contributed by atoms with Crippen molar-refractivity contribution in [3.8, 4) is 5.69 Å². The summed E-state index contributed by atoms with van der Waals surface area (Å²) in [6.07, 6.45) is 0.446. The Kier molecular flexibility index (Phi) is 5.43. The molecular weight excluding hydrogens is 378 g/mol. The second-order valence-corrected chi connectivity index (χ2v) is 7.03. The highest BCUT2D eigenvalue weighted by Gasteiger charge is 2.19. The van der Waals surface area contributed by atoms with E-state index in [2.05, 4.69) is 15.4 Å². The number of carbonyl (C=O) groups is 1. The number of hydrogen-bond acceptors (Lipinski definition) is 4. The van der Waals surface area contributed by atoms with Crippen LogP contribution >= 0.6 is 0 Å². The van der Waals surface area contributed by atoms with Gasteiger partial charge in [-0.3, -0.25) is 14.2 Å². The highest BCUT2D eigenvalue weighted by molar-refractivity contribution is 5.90. The van der Waals surface area contributed by atoms with Gasteiger partial charge in [0.15, 0.2) is 5.65 Å². The minimum atomic E-state index is -0.186. The van der Waals surface area contributed by atoms with Crippen LogP contribution in [-0.2, 0) is 17.8 Å². The second-order valence-electron chi connectivity index (χ2n) is 7.03. The molecule has 4 rings (SSSR count). The molecular formula is C23H23N5O2. The summed E-state index contributed by atoms with van der Waals surface area (Å²) in [7, 11) is 0. The van der Waals surface area contributed by atoms with E-state index < -0.39 is 0 Å². The Morgan fingerprint density at radius 3 is 2.37 bits per heavy atom. The van der Waals surface area contributed by atoms with Gasteiger partial charge in [0, 0.05) is 25.1 Å². The molecule has 4 aromatic rings.